The van der Waals surface area contributed by atoms with Crippen molar-refractivity contribution < 1.29 is 26.7 Å². The highest BCUT2D eigenvalue weighted by Crippen LogP contribution is 2.28. The highest BCUT2D eigenvalue weighted by Gasteiger charge is 2.41. The molecular weight excluding hydrogens is 278 g/mol. The zero-order valence-electron chi connectivity index (χ0n) is 10.2. The lowest BCUT2D eigenvalue weighted by Crippen LogP contribution is -2.33. The van der Waals surface area contributed by atoms with Gasteiger partial charge >= 0.3 is 5.97 Å². The second kappa shape index (κ2) is 4.56. The minimum absolute atomic E-state index is 0.0471. The van der Waals surface area contributed by atoms with Gasteiger partial charge in [-0.2, -0.15) is 0 Å². The number of carbonyl (C=O) groups excluding carboxylic acids is 1. The van der Waals surface area contributed by atoms with Crippen LogP contribution >= 0.6 is 0 Å². The Morgan fingerprint density at radius 2 is 2.00 bits per heavy atom. The number of rotatable bonds is 2. The van der Waals surface area contributed by atoms with Gasteiger partial charge in [-0.05, 0) is 25.1 Å². The standard InChI is InChI=1S/C12H12F2O4S/c1-12(4-5-19(16,17)7-12)18-11(15)8-2-3-9(13)10(14)6-8/h2-3,6H,4-5,7H2,1H3/t12-/m1/s1. The molecule has 1 atom stereocenters. The van der Waals surface area contributed by atoms with Gasteiger partial charge in [0.2, 0.25) is 0 Å². The number of esters is 1. The third kappa shape index (κ3) is 3.09. The molecule has 0 N–H and O–H groups in total. The van der Waals surface area contributed by atoms with Gasteiger partial charge in [0.1, 0.15) is 5.60 Å². The lowest BCUT2D eigenvalue weighted by molar-refractivity contribution is 0.00225. The van der Waals surface area contributed by atoms with Gasteiger partial charge in [0.15, 0.2) is 21.5 Å². The van der Waals surface area contributed by atoms with E-state index < -0.39 is 33.0 Å². The summed E-state index contributed by atoms with van der Waals surface area (Å²) in [6.45, 7) is 1.51. The molecule has 0 radical (unpaired) electrons. The van der Waals surface area contributed by atoms with Crippen molar-refractivity contribution in [3.05, 3.63) is 35.4 Å². The van der Waals surface area contributed by atoms with Crippen LogP contribution in [0, 0.1) is 11.6 Å². The molecule has 104 valence electrons. The largest absolute Gasteiger partial charge is 0.455 e. The molecule has 0 spiro atoms. The second-order valence-corrected chi connectivity index (χ2v) is 6.99. The van der Waals surface area contributed by atoms with Crippen LogP contribution < -0.4 is 0 Å². The maximum absolute atomic E-state index is 13.0. The van der Waals surface area contributed by atoms with E-state index in [0.717, 1.165) is 18.2 Å². The average Bonchev–Trinajstić information content (AvgIpc) is 2.56. The highest BCUT2D eigenvalue weighted by atomic mass is 32.2. The number of benzene rings is 1. The van der Waals surface area contributed by atoms with Gasteiger partial charge in [-0.3, -0.25) is 0 Å². The number of carbonyl (C=O) groups is 1. The molecule has 1 aliphatic rings. The molecule has 0 aromatic heterocycles. The average molecular weight is 290 g/mol. The van der Waals surface area contributed by atoms with Crippen LogP contribution in [0.2, 0.25) is 0 Å². The van der Waals surface area contributed by atoms with Crippen LogP contribution in [0.5, 0.6) is 0 Å². The van der Waals surface area contributed by atoms with Gasteiger partial charge < -0.3 is 4.74 Å². The first-order valence-corrected chi connectivity index (χ1v) is 7.42. The summed E-state index contributed by atoms with van der Waals surface area (Å²) in [6.07, 6.45) is 0.199. The van der Waals surface area contributed by atoms with E-state index in [1.54, 1.807) is 0 Å². The number of hydrogen-bond donors (Lipinski definition) is 0. The number of sulfone groups is 1. The van der Waals surface area contributed by atoms with Crippen molar-refractivity contribution in [2.24, 2.45) is 0 Å². The Hall–Kier alpha value is -1.50. The summed E-state index contributed by atoms with van der Waals surface area (Å²) < 4.78 is 53.6. The van der Waals surface area contributed by atoms with Gasteiger partial charge in [-0.25, -0.2) is 22.0 Å². The molecule has 1 aromatic carbocycles. The molecule has 1 heterocycles. The summed E-state index contributed by atoms with van der Waals surface area (Å²) in [4.78, 5) is 11.8. The predicted octanol–water partition coefficient (Wildman–Crippen LogP) is 1.70. The van der Waals surface area contributed by atoms with Crippen molar-refractivity contribution in [3.8, 4) is 0 Å². The number of halogens is 2. The molecule has 1 fully saturated rings. The minimum atomic E-state index is -3.21. The van der Waals surface area contributed by atoms with Crippen LogP contribution in [0.4, 0.5) is 8.78 Å². The SMILES string of the molecule is C[C@@]1(OC(=O)c2ccc(F)c(F)c2)CCS(=O)(=O)C1. The lowest BCUT2D eigenvalue weighted by Gasteiger charge is -2.22. The fraction of sp³-hybridized carbons (Fsp3) is 0.417. The van der Waals surface area contributed by atoms with E-state index in [-0.39, 0.29) is 23.5 Å². The van der Waals surface area contributed by atoms with Crippen molar-refractivity contribution in [1.82, 2.24) is 0 Å². The summed E-state index contributed by atoms with van der Waals surface area (Å²) in [6, 6.07) is 2.64. The molecule has 0 saturated carbocycles. The van der Waals surface area contributed by atoms with E-state index in [4.69, 9.17) is 4.74 Å². The van der Waals surface area contributed by atoms with Crippen molar-refractivity contribution in [2.45, 2.75) is 18.9 Å². The summed E-state index contributed by atoms with van der Waals surface area (Å²) in [7, 11) is -3.21. The number of hydrogen-bond acceptors (Lipinski definition) is 4. The first kappa shape index (κ1) is 13.9. The van der Waals surface area contributed by atoms with Crippen LogP contribution in [0.1, 0.15) is 23.7 Å². The van der Waals surface area contributed by atoms with E-state index in [9.17, 15) is 22.0 Å². The number of ether oxygens (including phenoxy) is 1. The van der Waals surface area contributed by atoms with Crippen molar-refractivity contribution >= 4 is 15.8 Å². The van der Waals surface area contributed by atoms with Crippen LogP contribution in [0.25, 0.3) is 0 Å². The zero-order chi connectivity index (χ0) is 14.3. The smallest absolute Gasteiger partial charge is 0.338 e. The fourth-order valence-electron chi connectivity index (χ4n) is 1.97. The topological polar surface area (TPSA) is 60.4 Å². The van der Waals surface area contributed by atoms with Gasteiger partial charge in [-0.15, -0.1) is 0 Å². The van der Waals surface area contributed by atoms with Gasteiger partial charge in [0.05, 0.1) is 17.1 Å². The van der Waals surface area contributed by atoms with E-state index in [2.05, 4.69) is 0 Å². The Bertz CT molecular complexity index is 627. The fourth-order valence-corrected chi connectivity index (χ4v) is 3.99. The molecule has 1 aliphatic heterocycles. The molecule has 0 amide bonds. The molecule has 7 heteroatoms. The minimum Gasteiger partial charge on any atom is -0.455 e. The second-order valence-electron chi connectivity index (χ2n) is 4.81. The molecule has 4 nitrogen and oxygen atoms in total. The van der Waals surface area contributed by atoms with E-state index >= 15 is 0 Å². The van der Waals surface area contributed by atoms with E-state index in [0.29, 0.717) is 0 Å². The summed E-state index contributed by atoms with van der Waals surface area (Å²) >= 11 is 0. The zero-order valence-corrected chi connectivity index (χ0v) is 11.0. The van der Waals surface area contributed by atoms with Gasteiger partial charge in [-0.1, -0.05) is 0 Å². The summed E-state index contributed by atoms with van der Waals surface area (Å²) in [5.41, 5.74) is -1.26. The monoisotopic (exact) mass is 290 g/mol. The highest BCUT2D eigenvalue weighted by molar-refractivity contribution is 7.91. The van der Waals surface area contributed by atoms with E-state index in [1.807, 2.05) is 0 Å². The Kier molecular flexibility index (Phi) is 3.34. The van der Waals surface area contributed by atoms with E-state index in [1.165, 1.54) is 6.92 Å². The summed E-state index contributed by atoms with van der Waals surface area (Å²) in [5.74, 6) is -3.38. The maximum Gasteiger partial charge on any atom is 0.338 e. The quantitative estimate of drug-likeness (QED) is 0.778. The van der Waals surface area contributed by atoms with Crippen LogP contribution in [-0.2, 0) is 14.6 Å². The van der Waals surface area contributed by atoms with Gasteiger partial charge in [0, 0.05) is 6.42 Å². The Balaban J connectivity index is 2.15. The molecule has 19 heavy (non-hydrogen) atoms. The van der Waals surface area contributed by atoms with Gasteiger partial charge in [0.25, 0.3) is 0 Å². The van der Waals surface area contributed by atoms with Crippen LogP contribution in [-0.4, -0.2) is 31.5 Å². The molecule has 1 saturated heterocycles. The Morgan fingerprint density at radius 3 is 2.53 bits per heavy atom. The molecule has 1 aromatic rings. The predicted molar refractivity (Wildman–Crippen MR) is 63.4 cm³/mol. The van der Waals surface area contributed by atoms with Crippen LogP contribution in [0.3, 0.4) is 0 Å². The van der Waals surface area contributed by atoms with Crippen molar-refractivity contribution in [3.63, 3.8) is 0 Å². The Labute approximate surface area is 109 Å². The molecular formula is C12H12F2O4S. The molecule has 0 bridgehead atoms. The first-order chi connectivity index (χ1) is 8.71. The first-order valence-electron chi connectivity index (χ1n) is 5.60. The third-order valence-corrected chi connectivity index (χ3v) is 4.84. The normalized spacial score (nSPS) is 25.2. The van der Waals surface area contributed by atoms with Crippen molar-refractivity contribution in [2.75, 3.05) is 11.5 Å². The summed E-state index contributed by atoms with van der Waals surface area (Å²) in [5, 5.41) is 0. The molecule has 0 unspecified atom stereocenters. The third-order valence-electron chi connectivity index (χ3n) is 2.96. The lowest BCUT2D eigenvalue weighted by atomic mass is 10.1. The van der Waals surface area contributed by atoms with Crippen molar-refractivity contribution in [1.29, 1.82) is 0 Å². The molecule has 0 aliphatic carbocycles. The maximum atomic E-state index is 13.0. The van der Waals surface area contributed by atoms with Crippen LogP contribution in [0.15, 0.2) is 18.2 Å². The molecule has 2 rings (SSSR count). The Morgan fingerprint density at radius 1 is 1.32 bits per heavy atom.